The second-order valence-corrected chi connectivity index (χ2v) is 4.42. The summed E-state index contributed by atoms with van der Waals surface area (Å²) in [4.78, 5) is 10.1. The summed E-state index contributed by atoms with van der Waals surface area (Å²) in [5, 5.41) is 17.0. The Balaban J connectivity index is 3.44. The lowest BCUT2D eigenvalue weighted by atomic mass is 10.1. The zero-order chi connectivity index (χ0) is 11.2. The Hall–Kier alpha value is -0.660. The normalized spacial score (nSPS) is 11.9. The lowest BCUT2D eigenvalue weighted by Crippen LogP contribution is -2.10. The van der Waals surface area contributed by atoms with Crippen molar-refractivity contribution in [1.29, 1.82) is 0 Å². The van der Waals surface area contributed by atoms with Crippen LogP contribution in [0.1, 0.15) is 25.7 Å². The fraction of sp³-hybridized carbons (Fsp3) is 0.714. The fourth-order valence-corrected chi connectivity index (χ4v) is 1.43. The van der Waals surface area contributed by atoms with Crippen LogP contribution in [-0.2, 0) is 14.9 Å². The Morgan fingerprint density at radius 3 is 2.07 bits per heavy atom. The predicted octanol–water partition coefficient (Wildman–Crippen LogP) is 0.424. The Kier molecular flexibility index (Phi) is 5.66. The zero-order valence-electron chi connectivity index (χ0n) is 7.51. The van der Waals surface area contributed by atoms with Gasteiger partial charge < -0.3 is 10.2 Å². The summed E-state index contributed by atoms with van der Waals surface area (Å²) in [5.41, 5.74) is 0. The van der Waals surface area contributed by atoms with Gasteiger partial charge in [0.2, 0.25) is 6.10 Å². The summed E-state index contributed by atoms with van der Waals surface area (Å²) in [7, 11) is -3.93. The molecule has 14 heavy (non-hydrogen) atoms. The first-order valence-corrected chi connectivity index (χ1v) is 5.67. The number of aliphatic carboxylic acids is 1. The van der Waals surface area contributed by atoms with Crippen molar-refractivity contribution in [1.82, 2.24) is 0 Å². The predicted molar refractivity (Wildman–Crippen MR) is 47.7 cm³/mol. The molecule has 0 heterocycles. The molecule has 0 rings (SSSR count). The number of aliphatic hydroxyl groups excluding tert-OH is 1. The Labute approximate surface area is 82.3 Å². The van der Waals surface area contributed by atoms with Gasteiger partial charge in [0, 0.05) is 0 Å². The van der Waals surface area contributed by atoms with Gasteiger partial charge in [-0.3, -0.25) is 4.55 Å². The van der Waals surface area contributed by atoms with Gasteiger partial charge in [-0.15, -0.1) is 0 Å². The van der Waals surface area contributed by atoms with Crippen LogP contribution < -0.4 is 0 Å². The van der Waals surface area contributed by atoms with E-state index >= 15 is 0 Å². The minimum Gasteiger partial charge on any atom is -0.479 e. The minimum atomic E-state index is -3.93. The van der Waals surface area contributed by atoms with Crippen LogP contribution in [0.5, 0.6) is 0 Å². The molecule has 0 unspecified atom stereocenters. The van der Waals surface area contributed by atoms with Crippen LogP contribution in [0.3, 0.4) is 0 Å². The van der Waals surface area contributed by atoms with Gasteiger partial charge in [0.05, 0.1) is 5.75 Å². The summed E-state index contributed by atoms with van der Waals surface area (Å²) in [5.74, 6) is -1.69. The van der Waals surface area contributed by atoms with Crippen LogP contribution >= 0.6 is 0 Å². The van der Waals surface area contributed by atoms with Crippen LogP contribution in [0.15, 0.2) is 0 Å². The molecule has 0 aliphatic carbocycles. The van der Waals surface area contributed by atoms with Gasteiger partial charge >= 0.3 is 5.97 Å². The van der Waals surface area contributed by atoms with Crippen molar-refractivity contribution in [3.8, 4) is 0 Å². The van der Waals surface area contributed by atoms with Gasteiger partial charge in [-0.05, 0) is 19.3 Å². The number of carboxylic acid groups (broad SMARTS) is 1. The maximum atomic E-state index is 10.2. The molecule has 0 aliphatic rings. The quantitative estimate of drug-likeness (QED) is 0.427. The smallest absolute Gasteiger partial charge is 0.339 e. The molecule has 0 saturated heterocycles. The maximum absolute atomic E-state index is 10.2. The summed E-state index contributed by atoms with van der Waals surface area (Å²) >= 11 is 0. The first kappa shape index (κ1) is 13.3. The molecule has 3 N–H and O–H groups in total. The first-order chi connectivity index (χ1) is 6.33. The van der Waals surface area contributed by atoms with Gasteiger partial charge in [-0.2, -0.15) is 8.42 Å². The standard InChI is InChI=1S/C7H13O6S/c8-6(7(9)10)4-2-1-3-5-14(11,12)13/h8H,1-5H2,(H,9,10)(H,11,12,13). The highest BCUT2D eigenvalue weighted by molar-refractivity contribution is 7.85. The van der Waals surface area contributed by atoms with Crippen molar-refractivity contribution in [2.75, 3.05) is 5.75 Å². The molecule has 0 saturated carbocycles. The topological polar surface area (TPSA) is 112 Å². The van der Waals surface area contributed by atoms with Crippen LogP contribution in [0.25, 0.3) is 0 Å². The fourth-order valence-electron chi connectivity index (χ4n) is 0.861. The van der Waals surface area contributed by atoms with Crippen molar-refractivity contribution in [2.24, 2.45) is 0 Å². The highest BCUT2D eigenvalue weighted by Crippen LogP contribution is 2.09. The summed E-state index contributed by atoms with van der Waals surface area (Å²) < 4.78 is 28.8. The van der Waals surface area contributed by atoms with Crippen LogP contribution in [0.2, 0.25) is 0 Å². The second-order valence-electron chi connectivity index (χ2n) is 2.85. The number of rotatable bonds is 7. The number of hydrogen-bond acceptors (Lipinski definition) is 4. The van der Waals surface area contributed by atoms with E-state index in [4.69, 9.17) is 14.8 Å². The molecule has 0 aliphatic heterocycles. The van der Waals surface area contributed by atoms with Gasteiger partial charge in [-0.25, -0.2) is 4.79 Å². The van der Waals surface area contributed by atoms with Crippen LogP contribution in [0, 0.1) is 6.10 Å². The maximum Gasteiger partial charge on any atom is 0.339 e. The molecule has 7 heteroatoms. The third-order valence-corrected chi connectivity index (χ3v) is 2.37. The highest BCUT2D eigenvalue weighted by Gasteiger charge is 2.13. The Bertz CT molecular complexity index is 270. The summed E-state index contributed by atoms with van der Waals surface area (Å²) in [6, 6.07) is 0. The lowest BCUT2D eigenvalue weighted by Gasteiger charge is -2.02. The minimum absolute atomic E-state index is 0.0147. The molecule has 0 bridgehead atoms. The molecule has 0 atom stereocenters. The molecule has 0 spiro atoms. The number of carboxylic acids is 1. The monoisotopic (exact) mass is 225 g/mol. The molecule has 6 nitrogen and oxygen atoms in total. The van der Waals surface area contributed by atoms with Crippen molar-refractivity contribution in [2.45, 2.75) is 25.7 Å². The van der Waals surface area contributed by atoms with Crippen molar-refractivity contribution in [3.05, 3.63) is 6.10 Å². The van der Waals surface area contributed by atoms with E-state index in [1.54, 1.807) is 0 Å². The van der Waals surface area contributed by atoms with Crippen molar-refractivity contribution >= 4 is 16.1 Å². The largest absolute Gasteiger partial charge is 0.479 e. The van der Waals surface area contributed by atoms with Gasteiger partial charge in [0.25, 0.3) is 10.1 Å². The molecule has 0 aromatic carbocycles. The van der Waals surface area contributed by atoms with E-state index in [2.05, 4.69) is 0 Å². The molecule has 0 fully saturated rings. The van der Waals surface area contributed by atoms with E-state index in [1.807, 2.05) is 0 Å². The molecule has 0 amide bonds. The average Bonchev–Trinajstić information content (AvgIpc) is 2.01. The van der Waals surface area contributed by atoms with Crippen LogP contribution in [0.4, 0.5) is 0 Å². The average molecular weight is 225 g/mol. The first-order valence-electron chi connectivity index (χ1n) is 4.06. The molecular weight excluding hydrogens is 212 g/mol. The van der Waals surface area contributed by atoms with E-state index in [-0.39, 0.29) is 18.6 Å². The van der Waals surface area contributed by atoms with Crippen molar-refractivity contribution in [3.63, 3.8) is 0 Å². The third-order valence-electron chi connectivity index (χ3n) is 1.56. The van der Waals surface area contributed by atoms with Gasteiger partial charge in [0.1, 0.15) is 0 Å². The molecule has 83 valence electrons. The number of hydrogen-bond donors (Lipinski definition) is 3. The number of aliphatic hydroxyl groups is 1. The lowest BCUT2D eigenvalue weighted by molar-refractivity contribution is -0.139. The van der Waals surface area contributed by atoms with Crippen LogP contribution in [-0.4, -0.2) is 34.9 Å². The summed E-state index contributed by atoms with van der Waals surface area (Å²) in [6.45, 7) is 0. The number of unbranched alkanes of at least 4 members (excludes halogenated alkanes) is 2. The molecule has 1 radical (unpaired) electrons. The second kappa shape index (κ2) is 5.94. The molecule has 0 aromatic heterocycles. The Morgan fingerprint density at radius 1 is 1.07 bits per heavy atom. The van der Waals surface area contributed by atoms with Gasteiger partial charge in [-0.1, -0.05) is 6.42 Å². The van der Waals surface area contributed by atoms with E-state index in [0.717, 1.165) is 0 Å². The third kappa shape index (κ3) is 7.96. The molecule has 0 aromatic rings. The number of carbonyl (C=O) groups is 1. The molecular formula is C7H13O6S. The van der Waals surface area contributed by atoms with E-state index in [1.165, 1.54) is 0 Å². The van der Waals surface area contributed by atoms with Gasteiger partial charge in [0.15, 0.2) is 0 Å². The van der Waals surface area contributed by atoms with Crippen molar-refractivity contribution < 1.29 is 28.0 Å². The Morgan fingerprint density at radius 2 is 1.64 bits per heavy atom. The SMILES string of the molecule is O=C(O)[C](O)CCCCCS(=O)(=O)O. The highest BCUT2D eigenvalue weighted by atomic mass is 32.2. The van der Waals surface area contributed by atoms with E-state index in [9.17, 15) is 13.2 Å². The summed E-state index contributed by atoms with van der Waals surface area (Å²) in [6.07, 6.45) is 0.467. The van der Waals surface area contributed by atoms with E-state index in [0.29, 0.717) is 12.8 Å². The van der Waals surface area contributed by atoms with E-state index < -0.39 is 22.2 Å². The zero-order valence-corrected chi connectivity index (χ0v) is 8.33.